The van der Waals surface area contributed by atoms with E-state index < -0.39 is 5.97 Å². The summed E-state index contributed by atoms with van der Waals surface area (Å²) in [6.07, 6.45) is 51.4. The summed E-state index contributed by atoms with van der Waals surface area (Å²) in [6, 6.07) is 0. The third-order valence-electron chi connectivity index (χ3n) is 16.2. The third-order valence-corrected chi connectivity index (χ3v) is 16.2. The van der Waals surface area contributed by atoms with E-state index >= 15 is 0 Å². The number of aliphatic carboxylic acids is 1. The van der Waals surface area contributed by atoms with Gasteiger partial charge in [-0.1, -0.05) is 220 Å². The lowest BCUT2D eigenvalue weighted by atomic mass is 9.94. The van der Waals surface area contributed by atoms with E-state index in [-0.39, 0.29) is 29.7 Å². The highest BCUT2D eigenvalue weighted by atomic mass is 16.5. The monoisotopic (exact) mass is 1050 g/mol. The van der Waals surface area contributed by atoms with Gasteiger partial charge in [-0.2, -0.15) is 0 Å². The molecule has 10 nitrogen and oxygen atoms in total. The summed E-state index contributed by atoms with van der Waals surface area (Å²) in [6.45, 7) is 12.6. The lowest BCUT2D eigenvalue weighted by molar-refractivity contribution is -0.152. The maximum absolute atomic E-state index is 12.7. The lowest BCUT2D eigenvalue weighted by Gasteiger charge is -2.28. The van der Waals surface area contributed by atoms with Crippen molar-refractivity contribution in [3.63, 3.8) is 0 Å². The minimum absolute atomic E-state index is 0.0165. The summed E-state index contributed by atoms with van der Waals surface area (Å²) in [5, 5.41) is 8.71. The number of hydrogen-bond acceptors (Lipinski definition) is 9. The second-order valence-electron chi connectivity index (χ2n) is 23.4. The number of piperidine rings is 2. The molecule has 2 aliphatic heterocycles. The summed E-state index contributed by atoms with van der Waals surface area (Å²) in [7, 11) is 4.25. The molecule has 0 spiro atoms. The first-order valence-corrected chi connectivity index (χ1v) is 32.2. The van der Waals surface area contributed by atoms with Gasteiger partial charge in [0, 0.05) is 12.8 Å². The van der Waals surface area contributed by atoms with E-state index in [1.54, 1.807) is 0 Å². The lowest BCUT2D eigenvalue weighted by Crippen LogP contribution is -2.34. The van der Waals surface area contributed by atoms with Crippen LogP contribution in [0.15, 0.2) is 0 Å². The van der Waals surface area contributed by atoms with Gasteiger partial charge in [0.05, 0.1) is 31.7 Å². The van der Waals surface area contributed by atoms with Crippen LogP contribution in [0.25, 0.3) is 0 Å². The Morgan fingerprint density at radius 3 is 1.00 bits per heavy atom. The van der Waals surface area contributed by atoms with Gasteiger partial charge >= 0.3 is 23.9 Å². The number of carboxylic acids is 1. The van der Waals surface area contributed by atoms with Crippen LogP contribution in [-0.2, 0) is 33.4 Å². The molecule has 2 heterocycles. The molecule has 0 amide bonds. The third kappa shape index (κ3) is 43.9. The number of esters is 3. The number of rotatable bonds is 49. The molecule has 2 atom stereocenters. The Hall–Kier alpha value is -2.20. The average molecular weight is 1050 g/mol. The number of carboxylic acid groups (broad SMARTS) is 1. The highest BCUT2D eigenvalue weighted by molar-refractivity contribution is 5.73. The molecule has 0 saturated carbocycles. The zero-order chi connectivity index (χ0) is 54.0. The van der Waals surface area contributed by atoms with Crippen molar-refractivity contribution >= 4 is 23.9 Å². The molecular formula is C64H122N2O8. The van der Waals surface area contributed by atoms with E-state index in [4.69, 9.17) is 19.3 Å². The largest absolute Gasteiger partial charge is 0.481 e. The molecule has 1 N–H and O–H groups in total. The summed E-state index contributed by atoms with van der Waals surface area (Å²) in [5.74, 6) is 0.565. The van der Waals surface area contributed by atoms with E-state index in [1.807, 2.05) is 0 Å². The first-order valence-electron chi connectivity index (χ1n) is 32.2. The Labute approximate surface area is 457 Å². The summed E-state index contributed by atoms with van der Waals surface area (Å²) in [5.41, 5.74) is 0. The Balaban J connectivity index is 0.000000758. The van der Waals surface area contributed by atoms with Gasteiger partial charge in [-0.3, -0.25) is 19.2 Å². The molecular weight excluding hydrogens is 925 g/mol. The molecule has 2 rings (SSSR count). The smallest absolute Gasteiger partial charge is 0.309 e. The van der Waals surface area contributed by atoms with Crippen LogP contribution < -0.4 is 0 Å². The Kier molecular flexibility index (Phi) is 48.6. The second-order valence-corrected chi connectivity index (χ2v) is 23.4. The second kappa shape index (κ2) is 51.6. The number of hydrogen-bond donors (Lipinski definition) is 1. The molecule has 0 bridgehead atoms. The van der Waals surface area contributed by atoms with Crippen molar-refractivity contribution in [2.75, 3.05) is 60.1 Å². The predicted octanol–water partition coefficient (Wildman–Crippen LogP) is 17.3. The number of nitrogens with zero attached hydrogens (tertiary/aromatic N) is 2. The van der Waals surface area contributed by atoms with Crippen molar-refractivity contribution in [3.05, 3.63) is 0 Å². The fraction of sp³-hybridized carbons (Fsp3) is 0.938. The SMILES string of the molecule is CCCCCCCCCCC(CCCCCCCCC(=O)O)COC(=O)C1CCN(C)CC1.CCCCCCCCCCC(CCCCCCCCC(=O)OCCCCCCCC)COC(=O)C1CCN(C)CC1. The molecule has 436 valence electrons. The van der Waals surface area contributed by atoms with Crippen LogP contribution in [0.5, 0.6) is 0 Å². The van der Waals surface area contributed by atoms with E-state index in [0.29, 0.717) is 44.5 Å². The fourth-order valence-corrected chi connectivity index (χ4v) is 10.8. The Morgan fingerprint density at radius 1 is 0.392 bits per heavy atom. The van der Waals surface area contributed by atoms with Gasteiger partial charge in [0.25, 0.3) is 0 Å². The number of likely N-dealkylation sites (tertiary alicyclic amines) is 2. The molecule has 2 aliphatic rings. The van der Waals surface area contributed by atoms with Gasteiger partial charge in [-0.05, 0) is 123 Å². The average Bonchev–Trinajstić information content (AvgIpc) is 3.39. The highest BCUT2D eigenvalue weighted by Gasteiger charge is 2.27. The minimum atomic E-state index is -0.686. The molecule has 0 aromatic carbocycles. The highest BCUT2D eigenvalue weighted by Crippen LogP contribution is 2.25. The van der Waals surface area contributed by atoms with E-state index in [9.17, 15) is 19.2 Å². The van der Waals surface area contributed by atoms with Crippen molar-refractivity contribution in [3.8, 4) is 0 Å². The molecule has 0 aliphatic carbocycles. The zero-order valence-electron chi connectivity index (χ0n) is 49.6. The van der Waals surface area contributed by atoms with Crippen molar-refractivity contribution in [2.24, 2.45) is 23.7 Å². The maximum atomic E-state index is 12.7. The zero-order valence-corrected chi connectivity index (χ0v) is 49.6. The summed E-state index contributed by atoms with van der Waals surface area (Å²) in [4.78, 5) is 52.3. The van der Waals surface area contributed by atoms with Crippen LogP contribution in [-0.4, -0.2) is 98.9 Å². The van der Waals surface area contributed by atoms with E-state index in [0.717, 1.165) is 96.8 Å². The van der Waals surface area contributed by atoms with Crippen LogP contribution in [0.1, 0.15) is 303 Å². The molecule has 2 unspecified atom stereocenters. The summed E-state index contributed by atoms with van der Waals surface area (Å²) < 4.78 is 17.1. The number of carbonyl (C=O) groups excluding carboxylic acids is 3. The first kappa shape index (κ1) is 69.8. The molecule has 0 aromatic rings. The van der Waals surface area contributed by atoms with Crippen molar-refractivity contribution in [1.29, 1.82) is 0 Å². The van der Waals surface area contributed by atoms with Crippen LogP contribution in [0, 0.1) is 23.7 Å². The number of carbonyl (C=O) groups is 4. The van der Waals surface area contributed by atoms with Crippen LogP contribution in [0.3, 0.4) is 0 Å². The minimum Gasteiger partial charge on any atom is -0.481 e. The maximum Gasteiger partial charge on any atom is 0.309 e. The van der Waals surface area contributed by atoms with Crippen LogP contribution in [0.2, 0.25) is 0 Å². The number of ether oxygens (including phenoxy) is 3. The van der Waals surface area contributed by atoms with Crippen molar-refractivity contribution in [1.82, 2.24) is 9.80 Å². The van der Waals surface area contributed by atoms with Gasteiger partial charge in [0.2, 0.25) is 0 Å². The van der Waals surface area contributed by atoms with Crippen molar-refractivity contribution in [2.45, 2.75) is 303 Å². The van der Waals surface area contributed by atoms with Gasteiger partial charge < -0.3 is 29.1 Å². The standard InChI is InChI=1S/C36H69NO4.C28H53NO4/c1-4-6-8-10-12-13-16-20-24-33(32-41-36(39)34-27-29-37(3)30-28-34)25-21-17-14-15-18-22-26-35(38)40-31-23-19-11-9-7-5-2;1-3-4-5-6-7-8-11-14-17-25(18-15-12-9-10-13-16-19-27(30)31)24-33-28(32)26-20-22-29(2)23-21-26/h33-34H,4-32H2,1-3H3;25-26H,3-24H2,1-2H3,(H,30,31). The number of unbranched alkanes of at least 4 members (excludes halogenated alkanes) is 29. The molecule has 2 fully saturated rings. The molecule has 2 saturated heterocycles. The van der Waals surface area contributed by atoms with Gasteiger partial charge in [0.15, 0.2) is 0 Å². The quantitative estimate of drug-likeness (QED) is 0.0358. The van der Waals surface area contributed by atoms with Crippen molar-refractivity contribution < 1.29 is 38.5 Å². The predicted molar refractivity (Wildman–Crippen MR) is 310 cm³/mol. The van der Waals surface area contributed by atoms with E-state index in [1.165, 1.54) is 199 Å². The fourth-order valence-electron chi connectivity index (χ4n) is 10.8. The van der Waals surface area contributed by atoms with Gasteiger partial charge in [-0.15, -0.1) is 0 Å². The Bertz CT molecular complexity index is 1280. The molecule has 0 radical (unpaired) electrons. The first-order chi connectivity index (χ1) is 36.1. The Morgan fingerprint density at radius 2 is 0.676 bits per heavy atom. The van der Waals surface area contributed by atoms with Gasteiger partial charge in [0.1, 0.15) is 0 Å². The summed E-state index contributed by atoms with van der Waals surface area (Å²) >= 11 is 0. The molecule has 74 heavy (non-hydrogen) atoms. The van der Waals surface area contributed by atoms with Gasteiger partial charge in [-0.25, -0.2) is 0 Å². The van der Waals surface area contributed by atoms with Crippen LogP contribution >= 0.6 is 0 Å². The normalized spacial score (nSPS) is 15.6. The topological polar surface area (TPSA) is 123 Å². The van der Waals surface area contributed by atoms with E-state index in [2.05, 4.69) is 44.7 Å². The molecule has 10 heteroatoms. The molecule has 0 aromatic heterocycles. The van der Waals surface area contributed by atoms with Crippen LogP contribution in [0.4, 0.5) is 0 Å².